The van der Waals surface area contributed by atoms with E-state index in [9.17, 15) is 9.90 Å². The van der Waals surface area contributed by atoms with Crippen molar-refractivity contribution in [2.75, 3.05) is 32.7 Å². The van der Waals surface area contributed by atoms with Crippen LogP contribution >= 0.6 is 15.9 Å². The second-order valence-electron chi connectivity index (χ2n) is 4.76. The Labute approximate surface area is 121 Å². The van der Waals surface area contributed by atoms with E-state index in [1.54, 1.807) is 17.0 Å². The van der Waals surface area contributed by atoms with Gasteiger partial charge in [-0.3, -0.25) is 9.69 Å². The minimum absolute atomic E-state index is 0.0682. The molecule has 19 heavy (non-hydrogen) atoms. The third-order valence-electron chi connectivity index (χ3n) is 3.38. The third kappa shape index (κ3) is 3.81. The molecule has 5 nitrogen and oxygen atoms in total. The molecule has 0 radical (unpaired) electrons. The molecular formula is C13H19BrN2O3. The molecule has 0 bridgehead atoms. The zero-order valence-corrected chi connectivity index (χ0v) is 12.6. The molecule has 0 saturated carbocycles. The molecular weight excluding hydrogens is 312 g/mol. The first-order valence-electron chi connectivity index (χ1n) is 6.55. The number of furan rings is 1. The normalized spacial score (nSPS) is 18.6. The molecule has 1 fully saturated rings. The SMILES string of the molecule is CC[C@@H](O)CN1CCN(C(=O)c2ccc(Br)o2)CC1. The number of hydrogen-bond donors (Lipinski definition) is 1. The molecule has 1 N–H and O–H groups in total. The molecule has 1 aliphatic heterocycles. The highest BCUT2D eigenvalue weighted by Crippen LogP contribution is 2.16. The molecule has 0 unspecified atom stereocenters. The monoisotopic (exact) mass is 330 g/mol. The van der Waals surface area contributed by atoms with Gasteiger partial charge in [-0.15, -0.1) is 0 Å². The first-order valence-corrected chi connectivity index (χ1v) is 7.34. The summed E-state index contributed by atoms with van der Waals surface area (Å²) in [5.41, 5.74) is 0. The van der Waals surface area contributed by atoms with Gasteiger partial charge in [-0.05, 0) is 34.5 Å². The lowest BCUT2D eigenvalue weighted by molar-refractivity contribution is 0.0499. The van der Waals surface area contributed by atoms with Crippen molar-refractivity contribution in [1.82, 2.24) is 9.80 Å². The number of amides is 1. The number of piperazine rings is 1. The van der Waals surface area contributed by atoms with E-state index in [-0.39, 0.29) is 12.0 Å². The van der Waals surface area contributed by atoms with Gasteiger partial charge in [0.2, 0.25) is 0 Å². The maximum Gasteiger partial charge on any atom is 0.289 e. The molecule has 2 heterocycles. The summed E-state index contributed by atoms with van der Waals surface area (Å²) in [7, 11) is 0. The molecule has 1 amide bonds. The van der Waals surface area contributed by atoms with Gasteiger partial charge in [0, 0.05) is 32.7 Å². The number of hydrogen-bond acceptors (Lipinski definition) is 4. The number of halogens is 1. The van der Waals surface area contributed by atoms with Crippen LogP contribution in [0.2, 0.25) is 0 Å². The molecule has 1 aromatic rings. The average Bonchev–Trinajstić information content (AvgIpc) is 2.85. The van der Waals surface area contributed by atoms with E-state index in [0.717, 1.165) is 19.5 Å². The number of carbonyl (C=O) groups is 1. The predicted octanol–water partition coefficient (Wildman–Crippen LogP) is 1.57. The second-order valence-corrected chi connectivity index (χ2v) is 5.54. The molecule has 1 saturated heterocycles. The van der Waals surface area contributed by atoms with Crippen LogP contribution < -0.4 is 0 Å². The van der Waals surface area contributed by atoms with Crippen LogP contribution in [0.25, 0.3) is 0 Å². The predicted molar refractivity (Wildman–Crippen MR) is 75.0 cm³/mol. The molecule has 2 rings (SSSR count). The van der Waals surface area contributed by atoms with Crippen molar-refractivity contribution in [2.24, 2.45) is 0 Å². The first-order chi connectivity index (χ1) is 9.10. The summed E-state index contributed by atoms with van der Waals surface area (Å²) in [5.74, 6) is 0.301. The van der Waals surface area contributed by atoms with Crippen molar-refractivity contribution >= 4 is 21.8 Å². The summed E-state index contributed by atoms with van der Waals surface area (Å²) in [5, 5.41) is 9.62. The van der Waals surface area contributed by atoms with Crippen LogP contribution in [0, 0.1) is 0 Å². The van der Waals surface area contributed by atoms with Gasteiger partial charge in [-0.1, -0.05) is 6.92 Å². The zero-order valence-electron chi connectivity index (χ0n) is 11.0. The minimum atomic E-state index is -0.275. The fraction of sp³-hybridized carbons (Fsp3) is 0.615. The highest BCUT2D eigenvalue weighted by molar-refractivity contribution is 9.10. The Morgan fingerprint density at radius 1 is 1.42 bits per heavy atom. The van der Waals surface area contributed by atoms with Crippen LogP contribution in [0.5, 0.6) is 0 Å². The number of aliphatic hydroxyl groups excluding tert-OH is 1. The summed E-state index contributed by atoms with van der Waals surface area (Å²) in [6.07, 6.45) is 0.489. The Kier molecular flexibility index (Phi) is 5.01. The average molecular weight is 331 g/mol. The lowest BCUT2D eigenvalue weighted by Crippen LogP contribution is -2.50. The van der Waals surface area contributed by atoms with Gasteiger partial charge in [-0.2, -0.15) is 0 Å². The maximum absolute atomic E-state index is 12.1. The van der Waals surface area contributed by atoms with Gasteiger partial charge >= 0.3 is 0 Å². The molecule has 1 aliphatic rings. The summed E-state index contributed by atoms with van der Waals surface area (Å²) in [6.45, 7) is 5.60. The topological polar surface area (TPSA) is 56.9 Å². The van der Waals surface area contributed by atoms with Crippen molar-refractivity contribution in [1.29, 1.82) is 0 Å². The van der Waals surface area contributed by atoms with Crippen molar-refractivity contribution in [3.63, 3.8) is 0 Å². The maximum atomic E-state index is 12.1. The standard InChI is InChI=1S/C13H19BrN2O3/c1-2-10(17)9-15-5-7-16(8-6-15)13(18)11-3-4-12(14)19-11/h3-4,10,17H,2,5-9H2,1H3/t10-/m1/s1. The van der Waals surface area contributed by atoms with Gasteiger partial charge in [-0.25, -0.2) is 0 Å². The molecule has 1 aromatic heterocycles. The molecule has 0 spiro atoms. The van der Waals surface area contributed by atoms with Gasteiger partial charge < -0.3 is 14.4 Å². The Balaban J connectivity index is 1.84. The van der Waals surface area contributed by atoms with Gasteiger partial charge in [0.15, 0.2) is 10.4 Å². The van der Waals surface area contributed by atoms with Gasteiger partial charge in [0.25, 0.3) is 5.91 Å². The van der Waals surface area contributed by atoms with Crippen LogP contribution in [-0.2, 0) is 0 Å². The fourth-order valence-electron chi connectivity index (χ4n) is 2.15. The highest BCUT2D eigenvalue weighted by atomic mass is 79.9. The molecule has 6 heteroatoms. The summed E-state index contributed by atoms with van der Waals surface area (Å²) in [4.78, 5) is 16.1. The van der Waals surface area contributed by atoms with Crippen molar-refractivity contribution in [3.8, 4) is 0 Å². The molecule has 1 atom stereocenters. The van der Waals surface area contributed by atoms with Crippen molar-refractivity contribution < 1.29 is 14.3 Å². The zero-order chi connectivity index (χ0) is 13.8. The summed E-state index contributed by atoms with van der Waals surface area (Å²) < 4.78 is 5.85. The number of rotatable bonds is 4. The highest BCUT2D eigenvalue weighted by Gasteiger charge is 2.24. The molecule has 0 aromatic carbocycles. The van der Waals surface area contributed by atoms with E-state index in [4.69, 9.17) is 4.42 Å². The molecule has 0 aliphatic carbocycles. The van der Waals surface area contributed by atoms with Crippen LogP contribution in [0.4, 0.5) is 0 Å². The molecule has 106 valence electrons. The Morgan fingerprint density at radius 2 is 2.11 bits per heavy atom. The van der Waals surface area contributed by atoms with Gasteiger partial charge in [0.05, 0.1) is 6.10 Å². The van der Waals surface area contributed by atoms with Crippen LogP contribution in [-0.4, -0.2) is 59.6 Å². The fourth-order valence-corrected chi connectivity index (χ4v) is 2.45. The Bertz CT molecular complexity index is 427. The van der Waals surface area contributed by atoms with Crippen LogP contribution in [0.15, 0.2) is 21.2 Å². The van der Waals surface area contributed by atoms with Crippen molar-refractivity contribution in [3.05, 3.63) is 22.6 Å². The van der Waals surface area contributed by atoms with Crippen LogP contribution in [0.1, 0.15) is 23.9 Å². The number of nitrogens with zero attached hydrogens (tertiary/aromatic N) is 2. The lowest BCUT2D eigenvalue weighted by Gasteiger charge is -2.35. The van der Waals surface area contributed by atoms with Crippen molar-refractivity contribution in [2.45, 2.75) is 19.4 Å². The lowest BCUT2D eigenvalue weighted by atomic mass is 10.2. The Morgan fingerprint density at radius 3 is 2.63 bits per heavy atom. The minimum Gasteiger partial charge on any atom is -0.444 e. The third-order valence-corrected chi connectivity index (χ3v) is 3.81. The number of carbonyl (C=O) groups excluding carboxylic acids is 1. The number of β-amino-alcohol motifs (C(OH)–C–C–N with tert-alkyl or cyclic N) is 1. The van der Waals surface area contributed by atoms with Gasteiger partial charge in [0.1, 0.15) is 0 Å². The van der Waals surface area contributed by atoms with Crippen LogP contribution in [0.3, 0.4) is 0 Å². The summed E-state index contributed by atoms with van der Waals surface area (Å²) in [6, 6.07) is 3.40. The van der Waals surface area contributed by atoms with E-state index >= 15 is 0 Å². The number of aliphatic hydroxyl groups is 1. The van der Waals surface area contributed by atoms with E-state index in [2.05, 4.69) is 20.8 Å². The Hall–Kier alpha value is -0.850. The largest absolute Gasteiger partial charge is 0.444 e. The first kappa shape index (κ1) is 14.6. The van der Waals surface area contributed by atoms with E-state index < -0.39 is 0 Å². The summed E-state index contributed by atoms with van der Waals surface area (Å²) >= 11 is 3.20. The second kappa shape index (κ2) is 6.54. The van der Waals surface area contributed by atoms with E-state index in [0.29, 0.717) is 30.1 Å². The smallest absolute Gasteiger partial charge is 0.289 e. The quantitative estimate of drug-likeness (QED) is 0.910. The van der Waals surface area contributed by atoms with E-state index in [1.807, 2.05) is 6.92 Å². The van der Waals surface area contributed by atoms with E-state index in [1.165, 1.54) is 0 Å².